The molecule has 0 amide bonds. The first-order valence-electron chi connectivity index (χ1n) is 7.44. The van der Waals surface area contributed by atoms with Gasteiger partial charge in [-0.3, -0.25) is 0 Å². The first kappa shape index (κ1) is 30.0. The molecule has 2 aromatic rings. The zero-order valence-corrected chi connectivity index (χ0v) is 33.3. The van der Waals surface area contributed by atoms with Crippen LogP contribution in [0.4, 0.5) is 0 Å². The van der Waals surface area contributed by atoms with Gasteiger partial charge in [0.1, 0.15) is 0 Å². The van der Waals surface area contributed by atoms with Gasteiger partial charge >= 0.3 is 0 Å². The minimum absolute atomic E-state index is 1.03. The van der Waals surface area contributed by atoms with Crippen LogP contribution in [0, 0.1) is 0 Å². The molecule has 0 aliphatic heterocycles. The fourth-order valence-electron chi connectivity index (χ4n) is 2.00. The Kier molecular flexibility index (Phi) is 15.0. The molecule has 13 heteroatoms. The maximum absolute atomic E-state index is 3.81. The summed E-state index contributed by atoms with van der Waals surface area (Å²) in [4.78, 5) is 4.57. The fourth-order valence-corrected chi connectivity index (χ4v) is 13.4. The highest BCUT2D eigenvalue weighted by atomic mass is 127. The number of alkyl halides is 2. The number of halogens is 10. The average Bonchev–Trinajstić information content (AvgIpc) is 2.70. The number of benzene rings is 2. The number of thioether (sulfide) groups is 2. The molecule has 2 rings (SSSR count). The summed E-state index contributed by atoms with van der Waals surface area (Å²) in [6, 6.07) is 0. The molecule has 0 spiro atoms. The molecule has 0 saturated carbocycles. The Labute approximate surface area is 278 Å². The van der Waals surface area contributed by atoms with E-state index in [9.17, 15) is 0 Å². The van der Waals surface area contributed by atoms with Crippen molar-refractivity contribution in [2.75, 3.05) is 20.4 Å². The monoisotopic (exact) mass is 1180 g/mol. The lowest BCUT2D eigenvalue weighted by atomic mass is 10.3. The first-order valence-corrected chi connectivity index (χ1v) is 19.6. The summed E-state index contributed by atoms with van der Waals surface area (Å²) in [7, 11) is 0. The van der Waals surface area contributed by atoms with Crippen molar-refractivity contribution in [1.82, 2.24) is 0 Å². The molecule has 0 aliphatic carbocycles. The fraction of sp³-hybridized carbons (Fsp3) is 0.250. The van der Waals surface area contributed by atoms with E-state index in [-0.39, 0.29) is 0 Å². The van der Waals surface area contributed by atoms with Crippen molar-refractivity contribution in [3.8, 4) is 0 Å². The Balaban J connectivity index is 2.58. The molecule has 0 radical (unpaired) electrons. The first-order chi connectivity index (χ1) is 13.7. The zero-order valence-electron chi connectivity index (χ0n) is 13.8. The molecular formula is C16H8Br8I2S3. The van der Waals surface area contributed by atoms with E-state index in [2.05, 4.69) is 173 Å². The van der Waals surface area contributed by atoms with Crippen molar-refractivity contribution in [3.05, 3.63) is 35.8 Å². The lowest BCUT2D eigenvalue weighted by Gasteiger charge is -2.19. The van der Waals surface area contributed by atoms with E-state index in [4.69, 9.17) is 0 Å². The average molecular weight is 1190 g/mol. The summed E-state index contributed by atoms with van der Waals surface area (Å²) in [5.74, 6) is 2.10. The van der Waals surface area contributed by atoms with E-state index in [0.29, 0.717) is 0 Å². The number of hydrogen-bond donors (Lipinski definition) is 0. The highest BCUT2D eigenvalue weighted by Crippen LogP contribution is 2.56. The Morgan fingerprint density at radius 1 is 0.448 bits per heavy atom. The molecular weight excluding hydrogens is 1180 g/mol. The van der Waals surface area contributed by atoms with E-state index in [1.807, 2.05) is 23.5 Å². The van der Waals surface area contributed by atoms with E-state index < -0.39 is 0 Å². The van der Waals surface area contributed by atoms with E-state index >= 15 is 0 Å². The maximum atomic E-state index is 3.81. The van der Waals surface area contributed by atoms with Crippen LogP contribution >= 0.6 is 208 Å². The summed E-state index contributed by atoms with van der Waals surface area (Å²) in [6.07, 6.45) is 0. The van der Waals surface area contributed by atoms with Gasteiger partial charge in [0, 0.05) is 75.7 Å². The van der Waals surface area contributed by atoms with Gasteiger partial charge in [0.05, 0.1) is 0 Å². The molecule has 0 unspecified atom stereocenters. The van der Waals surface area contributed by atoms with Gasteiger partial charge in [0.15, 0.2) is 0 Å². The maximum Gasteiger partial charge on any atom is 0.0480 e. The summed E-state index contributed by atoms with van der Waals surface area (Å²) >= 11 is 40.5. The van der Waals surface area contributed by atoms with E-state index in [0.717, 1.165) is 65.9 Å². The van der Waals surface area contributed by atoms with Crippen molar-refractivity contribution >= 4 is 208 Å². The lowest BCUT2D eigenvalue weighted by molar-refractivity contribution is 1.17. The standard InChI is InChI=1S/C16H8Br8I2S3/c17-5-9(21)15(10(22)6(18)13(5)27-3-1-25)29-16-11(23)7(19)14(28-4-2-26)8(20)12(16)24/h1-4H2. The second-order valence-electron chi connectivity index (χ2n) is 5.01. The predicted octanol–water partition coefficient (Wildman–Crippen LogP) is 13.0. The summed E-state index contributed by atoms with van der Waals surface area (Å²) in [5, 5.41) is 0. The van der Waals surface area contributed by atoms with Crippen LogP contribution in [-0.2, 0) is 0 Å². The van der Waals surface area contributed by atoms with Crippen LogP contribution < -0.4 is 0 Å². The quantitative estimate of drug-likeness (QED) is 0.112. The Bertz CT molecular complexity index is 795. The normalized spacial score (nSPS) is 11.4. The highest BCUT2D eigenvalue weighted by molar-refractivity contribution is 14.1. The van der Waals surface area contributed by atoms with Crippen molar-refractivity contribution in [2.24, 2.45) is 0 Å². The third kappa shape index (κ3) is 7.41. The van der Waals surface area contributed by atoms with E-state index in [1.54, 1.807) is 11.8 Å². The van der Waals surface area contributed by atoms with Crippen LogP contribution in [0.3, 0.4) is 0 Å². The van der Waals surface area contributed by atoms with E-state index in [1.165, 1.54) is 9.79 Å². The van der Waals surface area contributed by atoms with Crippen LogP contribution in [0.25, 0.3) is 0 Å². The van der Waals surface area contributed by atoms with Crippen molar-refractivity contribution in [3.63, 3.8) is 0 Å². The molecule has 29 heavy (non-hydrogen) atoms. The van der Waals surface area contributed by atoms with Gasteiger partial charge in [-0.1, -0.05) is 56.9 Å². The molecule has 0 N–H and O–H groups in total. The SMILES string of the molecule is Brc1c(Br)c(Sc2c(Br)c(Br)c(SCCI)c(Br)c2Br)c(Br)c(Br)c1SCCI. The molecule has 0 atom stereocenters. The van der Waals surface area contributed by atoms with Gasteiger partial charge in [-0.05, 0) is 127 Å². The predicted molar refractivity (Wildman–Crippen MR) is 178 cm³/mol. The van der Waals surface area contributed by atoms with Gasteiger partial charge in [0.25, 0.3) is 0 Å². The number of rotatable bonds is 8. The molecule has 0 bridgehead atoms. The zero-order chi connectivity index (χ0) is 21.9. The molecule has 0 nitrogen and oxygen atoms in total. The molecule has 0 aromatic heterocycles. The highest BCUT2D eigenvalue weighted by Gasteiger charge is 2.25. The van der Waals surface area contributed by atoms with Crippen molar-refractivity contribution < 1.29 is 0 Å². The van der Waals surface area contributed by atoms with Gasteiger partial charge in [0.2, 0.25) is 0 Å². The van der Waals surface area contributed by atoms with Gasteiger partial charge in [-0.15, -0.1) is 23.5 Å². The molecule has 2 aromatic carbocycles. The third-order valence-corrected chi connectivity index (χ3v) is 19.8. The summed E-state index contributed by atoms with van der Waals surface area (Å²) in [5.41, 5.74) is 0. The van der Waals surface area contributed by atoms with Gasteiger partial charge < -0.3 is 0 Å². The van der Waals surface area contributed by atoms with Gasteiger partial charge in [-0.2, -0.15) is 0 Å². The van der Waals surface area contributed by atoms with Crippen LogP contribution in [0.2, 0.25) is 0 Å². The Hall–Kier alpha value is 4.79. The topological polar surface area (TPSA) is 0 Å². The van der Waals surface area contributed by atoms with Crippen LogP contribution in [0.1, 0.15) is 0 Å². The summed E-state index contributed by atoms with van der Waals surface area (Å²) < 4.78 is 10.5. The lowest BCUT2D eigenvalue weighted by Crippen LogP contribution is -1.93. The van der Waals surface area contributed by atoms with Crippen molar-refractivity contribution in [1.29, 1.82) is 0 Å². The molecule has 0 fully saturated rings. The molecule has 0 heterocycles. The van der Waals surface area contributed by atoms with Crippen molar-refractivity contribution in [2.45, 2.75) is 19.6 Å². The second kappa shape index (κ2) is 14.5. The third-order valence-electron chi connectivity index (χ3n) is 3.22. The van der Waals surface area contributed by atoms with Crippen LogP contribution in [0.15, 0.2) is 55.4 Å². The number of hydrogen-bond acceptors (Lipinski definition) is 3. The smallest absolute Gasteiger partial charge is 0.0480 e. The molecule has 0 saturated heterocycles. The summed E-state index contributed by atoms with van der Waals surface area (Å²) in [6.45, 7) is 0. The molecule has 160 valence electrons. The van der Waals surface area contributed by atoms with Crippen LogP contribution in [0.5, 0.6) is 0 Å². The largest absolute Gasteiger partial charge is 0.123 e. The van der Waals surface area contributed by atoms with Crippen LogP contribution in [-0.4, -0.2) is 20.4 Å². The van der Waals surface area contributed by atoms with Gasteiger partial charge in [-0.25, -0.2) is 0 Å². The second-order valence-corrected chi connectivity index (χ2v) is 16.7. The minimum Gasteiger partial charge on any atom is -0.123 e. The Morgan fingerprint density at radius 3 is 0.931 bits per heavy atom. The molecule has 0 aliphatic rings. The Morgan fingerprint density at radius 2 is 0.690 bits per heavy atom. The minimum atomic E-state index is 1.03.